The van der Waals surface area contributed by atoms with E-state index in [-0.39, 0.29) is 0 Å². The highest BCUT2D eigenvalue weighted by Crippen LogP contribution is 2.59. The third-order valence-corrected chi connectivity index (χ3v) is 3.27. The molecule has 0 aromatic heterocycles. The molecule has 0 aromatic carbocycles. The third-order valence-electron chi connectivity index (χ3n) is 3.27. The summed E-state index contributed by atoms with van der Waals surface area (Å²) in [7, 11) is 0. The molecule has 1 saturated carbocycles. The van der Waals surface area contributed by atoms with E-state index in [9.17, 15) is 0 Å². The molecule has 1 aliphatic carbocycles. The van der Waals surface area contributed by atoms with Gasteiger partial charge in [0.1, 0.15) is 0 Å². The molecule has 0 saturated heterocycles. The molecule has 1 heteroatoms. The standard InChI is InChI=1S/C12H25N/c1-9(2)5-12(6-10(3)4)7-11(12)8-13/h9-11H,5-8,13H2,1-4H3. The SMILES string of the molecule is CC(C)CC1(CC(C)C)CC1CN. The highest BCUT2D eigenvalue weighted by molar-refractivity contribution is 5.03. The Morgan fingerprint density at radius 2 is 1.62 bits per heavy atom. The van der Waals surface area contributed by atoms with Crippen LogP contribution in [0.5, 0.6) is 0 Å². The predicted molar refractivity (Wildman–Crippen MR) is 58.5 cm³/mol. The van der Waals surface area contributed by atoms with Crippen LogP contribution in [0.1, 0.15) is 47.0 Å². The molecular formula is C12H25N. The molecule has 1 fully saturated rings. The zero-order valence-electron chi connectivity index (χ0n) is 9.64. The van der Waals surface area contributed by atoms with E-state index in [1.165, 1.54) is 19.3 Å². The van der Waals surface area contributed by atoms with Gasteiger partial charge in [-0.05, 0) is 49.0 Å². The smallest absolute Gasteiger partial charge is 0.00433 e. The summed E-state index contributed by atoms with van der Waals surface area (Å²) in [5.41, 5.74) is 6.40. The van der Waals surface area contributed by atoms with Crippen molar-refractivity contribution >= 4 is 0 Å². The maximum Gasteiger partial charge on any atom is -0.00433 e. The average molecular weight is 183 g/mol. The molecule has 0 radical (unpaired) electrons. The minimum atomic E-state index is 0.636. The Kier molecular flexibility index (Phi) is 3.39. The fourth-order valence-electron chi connectivity index (χ4n) is 2.97. The average Bonchev–Trinajstić information content (AvgIpc) is 2.59. The molecule has 1 rings (SSSR count). The van der Waals surface area contributed by atoms with Gasteiger partial charge in [-0.3, -0.25) is 0 Å². The van der Waals surface area contributed by atoms with Crippen molar-refractivity contribution in [3.8, 4) is 0 Å². The molecule has 2 N–H and O–H groups in total. The van der Waals surface area contributed by atoms with E-state index in [2.05, 4.69) is 27.7 Å². The first kappa shape index (κ1) is 11.0. The van der Waals surface area contributed by atoms with Gasteiger partial charge in [0.15, 0.2) is 0 Å². The van der Waals surface area contributed by atoms with Crippen molar-refractivity contribution in [2.45, 2.75) is 47.0 Å². The molecule has 1 atom stereocenters. The van der Waals surface area contributed by atoms with Crippen LogP contribution in [0.4, 0.5) is 0 Å². The lowest BCUT2D eigenvalue weighted by Gasteiger charge is -2.21. The predicted octanol–water partition coefficient (Wildman–Crippen LogP) is 3.04. The van der Waals surface area contributed by atoms with E-state index in [1.54, 1.807) is 0 Å². The van der Waals surface area contributed by atoms with Gasteiger partial charge in [-0.25, -0.2) is 0 Å². The summed E-state index contributed by atoms with van der Waals surface area (Å²) in [4.78, 5) is 0. The molecule has 0 heterocycles. The normalized spacial score (nSPS) is 25.6. The molecule has 0 amide bonds. The van der Waals surface area contributed by atoms with Crippen molar-refractivity contribution in [2.24, 2.45) is 28.9 Å². The topological polar surface area (TPSA) is 26.0 Å². The summed E-state index contributed by atoms with van der Waals surface area (Å²) in [6.07, 6.45) is 4.15. The van der Waals surface area contributed by atoms with Crippen LogP contribution in [0.3, 0.4) is 0 Å². The highest BCUT2D eigenvalue weighted by atomic mass is 14.7. The van der Waals surface area contributed by atoms with E-state index >= 15 is 0 Å². The largest absolute Gasteiger partial charge is 0.330 e. The van der Waals surface area contributed by atoms with Crippen LogP contribution in [0, 0.1) is 23.2 Å². The zero-order chi connectivity index (χ0) is 10.1. The number of hydrogen-bond donors (Lipinski definition) is 1. The lowest BCUT2D eigenvalue weighted by Crippen LogP contribution is -2.15. The van der Waals surface area contributed by atoms with Gasteiger partial charge >= 0.3 is 0 Å². The molecular weight excluding hydrogens is 158 g/mol. The van der Waals surface area contributed by atoms with Gasteiger partial charge in [0, 0.05) is 0 Å². The second-order valence-corrected chi connectivity index (χ2v) is 5.70. The molecule has 0 aliphatic heterocycles. The summed E-state index contributed by atoms with van der Waals surface area (Å²) in [5, 5.41) is 0. The third kappa shape index (κ3) is 2.70. The van der Waals surface area contributed by atoms with Crippen molar-refractivity contribution in [3.05, 3.63) is 0 Å². The molecule has 0 bridgehead atoms. The van der Waals surface area contributed by atoms with E-state index in [4.69, 9.17) is 5.73 Å². The van der Waals surface area contributed by atoms with Gasteiger partial charge in [0.05, 0.1) is 0 Å². The molecule has 13 heavy (non-hydrogen) atoms. The first-order chi connectivity index (χ1) is 6.00. The summed E-state index contributed by atoms with van der Waals surface area (Å²) < 4.78 is 0. The number of hydrogen-bond acceptors (Lipinski definition) is 1. The van der Waals surface area contributed by atoms with Crippen LogP contribution in [-0.2, 0) is 0 Å². The van der Waals surface area contributed by atoms with Crippen molar-refractivity contribution in [2.75, 3.05) is 6.54 Å². The quantitative estimate of drug-likeness (QED) is 0.696. The van der Waals surface area contributed by atoms with E-state index in [1.807, 2.05) is 0 Å². The fraction of sp³-hybridized carbons (Fsp3) is 1.00. The van der Waals surface area contributed by atoms with Gasteiger partial charge in [-0.1, -0.05) is 27.7 Å². The Labute approximate surface area is 83.1 Å². The minimum absolute atomic E-state index is 0.636. The van der Waals surface area contributed by atoms with Gasteiger partial charge in [0.25, 0.3) is 0 Å². The maximum atomic E-state index is 5.76. The fourth-order valence-corrected chi connectivity index (χ4v) is 2.97. The number of nitrogens with two attached hydrogens (primary N) is 1. The lowest BCUT2D eigenvalue weighted by atomic mass is 9.84. The summed E-state index contributed by atoms with van der Waals surface area (Å²) in [5.74, 6) is 2.49. The van der Waals surface area contributed by atoms with E-state index in [0.29, 0.717) is 5.41 Å². The van der Waals surface area contributed by atoms with Crippen LogP contribution < -0.4 is 5.73 Å². The Morgan fingerprint density at radius 1 is 1.15 bits per heavy atom. The van der Waals surface area contributed by atoms with Crippen molar-refractivity contribution in [3.63, 3.8) is 0 Å². The molecule has 1 unspecified atom stereocenters. The van der Waals surface area contributed by atoms with Gasteiger partial charge in [0.2, 0.25) is 0 Å². The van der Waals surface area contributed by atoms with E-state index < -0.39 is 0 Å². The molecule has 0 spiro atoms. The summed E-state index contributed by atoms with van der Waals surface area (Å²) in [6.45, 7) is 10.2. The Bertz CT molecular complexity index is 151. The zero-order valence-corrected chi connectivity index (χ0v) is 9.64. The van der Waals surface area contributed by atoms with Crippen LogP contribution in [0.15, 0.2) is 0 Å². The lowest BCUT2D eigenvalue weighted by molar-refractivity contribution is 0.296. The van der Waals surface area contributed by atoms with Crippen molar-refractivity contribution in [1.29, 1.82) is 0 Å². The van der Waals surface area contributed by atoms with Crippen LogP contribution in [0.25, 0.3) is 0 Å². The molecule has 78 valence electrons. The Balaban J connectivity index is 2.47. The summed E-state index contributed by atoms with van der Waals surface area (Å²) >= 11 is 0. The minimum Gasteiger partial charge on any atom is -0.330 e. The molecule has 1 nitrogen and oxygen atoms in total. The van der Waals surface area contributed by atoms with Crippen LogP contribution in [0.2, 0.25) is 0 Å². The van der Waals surface area contributed by atoms with Crippen LogP contribution >= 0.6 is 0 Å². The second-order valence-electron chi connectivity index (χ2n) is 5.70. The number of rotatable bonds is 5. The highest BCUT2D eigenvalue weighted by Gasteiger charge is 2.52. The van der Waals surface area contributed by atoms with E-state index in [0.717, 1.165) is 24.3 Å². The van der Waals surface area contributed by atoms with Crippen molar-refractivity contribution in [1.82, 2.24) is 0 Å². The first-order valence-corrected chi connectivity index (χ1v) is 5.70. The van der Waals surface area contributed by atoms with Gasteiger partial charge in [-0.2, -0.15) is 0 Å². The maximum absolute atomic E-state index is 5.76. The Hall–Kier alpha value is -0.0400. The molecule has 1 aliphatic rings. The second kappa shape index (κ2) is 4.00. The molecule has 0 aromatic rings. The van der Waals surface area contributed by atoms with Crippen LogP contribution in [-0.4, -0.2) is 6.54 Å². The van der Waals surface area contributed by atoms with Gasteiger partial charge in [-0.15, -0.1) is 0 Å². The summed E-state index contributed by atoms with van der Waals surface area (Å²) in [6, 6.07) is 0. The monoisotopic (exact) mass is 183 g/mol. The Morgan fingerprint density at radius 3 is 1.85 bits per heavy atom. The first-order valence-electron chi connectivity index (χ1n) is 5.70. The van der Waals surface area contributed by atoms with Gasteiger partial charge < -0.3 is 5.73 Å². The van der Waals surface area contributed by atoms with Crippen molar-refractivity contribution < 1.29 is 0 Å².